The molecule has 4 nitrogen and oxygen atoms in total. The average Bonchev–Trinajstić information content (AvgIpc) is 3.72. The van der Waals surface area contributed by atoms with E-state index in [2.05, 4.69) is 0 Å². The van der Waals surface area contributed by atoms with Crippen LogP contribution in [0.15, 0.2) is 78.9 Å². The minimum Gasteiger partial charge on any atom is -0.497 e. The number of carbonyl (C=O) groups is 1. The van der Waals surface area contributed by atoms with Crippen LogP contribution in [0.1, 0.15) is 22.0 Å². The first kappa shape index (κ1) is 22.7. The summed E-state index contributed by atoms with van der Waals surface area (Å²) in [5.41, 5.74) is 1.58. The predicted octanol–water partition coefficient (Wildman–Crippen LogP) is 6.74. The van der Waals surface area contributed by atoms with Crippen molar-refractivity contribution in [2.75, 3.05) is 13.7 Å². The Morgan fingerprint density at radius 2 is 1.34 bits per heavy atom. The molecule has 0 spiro atoms. The van der Waals surface area contributed by atoms with E-state index in [1.165, 1.54) is 55.6 Å². The topological polar surface area (TPSA) is 48.1 Å². The zero-order valence-electron chi connectivity index (χ0n) is 18.6. The molecule has 1 atom stereocenters. The first-order valence-corrected chi connectivity index (χ1v) is 10.8. The largest absolute Gasteiger partial charge is 0.497 e. The number of epoxide rings is 1. The molecule has 4 aromatic carbocycles. The lowest BCUT2D eigenvalue weighted by molar-refractivity contribution is 0.0734. The summed E-state index contributed by atoms with van der Waals surface area (Å²) < 4.78 is 59.4. The number of carbonyl (C=O) groups excluding carboxylic acids is 1. The number of esters is 1. The molecule has 1 aliphatic rings. The van der Waals surface area contributed by atoms with Gasteiger partial charge in [0.1, 0.15) is 23.4 Å². The van der Waals surface area contributed by atoms with Crippen LogP contribution in [0.4, 0.5) is 13.2 Å². The minimum absolute atomic E-state index is 0.0539. The van der Waals surface area contributed by atoms with E-state index in [0.717, 1.165) is 6.07 Å². The van der Waals surface area contributed by atoms with E-state index in [0.29, 0.717) is 29.0 Å². The average molecular weight is 476 g/mol. The fraction of sp³-hybridized carbons (Fsp3) is 0.107. The van der Waals surface area contributed by atoms with Crippen molar-refractivity contribution in [3.63, 3.8) is 0 Å². The molecule has 7 heteroatoms. The second kappa shape index (κ2) is 9.27. The van der Waals surface area contributed by atoms with Gasteiger partial charge in [0.05, 0.1) is 19.3 Å². The number of hydrogen-bond donors (Lipinski definition) is 0. The van der Waals surface area contributed by atoms with Crippen LogP contribution >= 0.6 is 0 Å². The highest BCUT2D eigenvalue weighted by molar-refractivity contribution is 5.91. The predicted molar refractivity (Wildman–Crippen MR) is 124 cm³/mol. The van der Waals surface area contributed by atoms with Crippen molar-refractivity contribution in [1.82, 2.24) is 0 Å². The van der Waals surface area contributed by atoms with Crippen LogP contribution in [0.2, 0.25) is 0 Å². The number of methoxy groups -OCH3 is 1. The van der Waals surface area contributed by atoms with Crippen LogP contribution in [0.3, 0.4) is 0 Å². The molecule has 176 valence electrons. The molecule has 1 unspecified atom stereocenters. The number of ether oxygens (including phenoxy) is 3. The van der Waals surface area contributed by atoms with Crippen molar-refractivity contribution >= 4 is 5.97 Å². The van der Waals surface area contributed by atoms with Crippen LogP contribution in [-0.4, -0.2) is 19.7 Å². The zero-order chi connectivity index (χ0) is 24.5. The Morgan fingerprint density at radius 1 is 0.800 bits per heavy atom. The maximum Gasteiger partial charge on any atom is 0.343 e. The molecular formula is C28H19F3O4. The van der Waals surface area contributed by atoms with Crippen molar-refractivity contribution in [3.8, 4) is 33.8 Å². The molecule has 1 aliphatic heterocycles. The number of benzene rings is 4. The highest BCUT2D eigenvalue weighted by Gasteiger charge is 2.28. The summed E-state index contributed by atoms with van der Waals surface area (Å²) in [5.74, 6) is -2.43. The maximum absolute atomic E-state index is 14.9. The van der Waals surface area contributed by atoms with Gasteiger partial charge in [-0.2, -0.15) is 0 Å². The number of hydrogen-bond acceptors (Lipinski definition) is 4. The Morgan fingerprint density at radius 3 is 1.83 bits per heavy atom. The summed E-state index contributed by atoms with van der Waals surface area (Å²) >= 11 is 0. The maximum atomic E-state index is 14.9. The van der Waals surface area contributed by atoms with Gasteiger partial charge in [0.2, 0.25) is 0 Å². The van der Waals surface area contributed by atoms with Crippen LogP contribution in [0.25, 0.3) is 22.3 Å². The van der Waals surface area contributed by atoms with Gasteiger partial charge in [0.25, 0.3) is 0 Å². The van der Waals surface area contributed by atoms with E-state index in [4.69, 9.17) is 14.2 Å². The van der Waals surface area contributed by atoms with Crippen molar-refractivity contribution < 1.29 is 32.2 Å². The Hall–Kier alpha value is -4.10. The van der Waals surface area contributed by atoms with E-state index in [1.807, 2.05) is 0 Å². The summed E-state index contributed by atoms with van der Waals surface area (Å²) in [6.07, 6.45) is -0.261. The summed E-state index contributed by atoms with van der Waals surface area (Å²) in [4.78, 5) is 12.4. The van der Waals surface area contributed by atoms with E-state index < -0.39 is 23.4 Å². The third-order valence-corrected chi connectivity index (χ3v) is 5.78. The Balaban J connectivity index is 1.33. The smallest absolute Gasteiger partial charge is 0.343 e. The van der Waals surface area contributed by atoms with Gasteiger partial charge >= 0.3 is 5.97 Å². The lowest BCUT2D eigenvalue weighted by atomic mass is 9.98. The van der Waals surface area contributed by atoms with E-state index in [-0.39, 0.29) is 28.5 Å². The molecule has 5 rings (SSSR count). The van der Waals surface area contributed by atoms with Crippen LogP contribution < -0.4 is 9.47 Å². The molecule has 1 fully saturated rings. The van der Waals surface area contributed by atoms with Gasteiger partial charge in [-0.15, -0.1) is 0 Å². The van der Waals surface area contributed by atoms with Crippen molar-refractivity contribution in [2.24, 2.45) is 0 Å². The lowest BCUT2D eigenvalue weighted by Gasteiger charge is -2.11. The molecule has 0 aliphatic carbocycles. The Labute approximate surface area is 199 Å². The molecule has 0 saturated carbocycles. The monoisotopic (exact) mass is 476 g/mol. The standard InChI is InChI=1S/C28H19F3O4/c1-33-19-7-2-16(3-8-19)21-12-13-22(27(31)26(21)30)17-4-9-20(10-5-17)35-28(32)18-6-11-23(24(29)14-18)25-15-34-25/h2-14,25H,15H2,1H3. The fourth-order valence-electron chi connectivity index (χ4n) is 3.78. The third-order valence-electron chi connectivity index (χ3n) is 5.78. The number of halogens is 3. The summed E-state index contributed by atoms with van der Waals surface area (Å²) in [7, 11) is 1.53. The van der Waals surface area contributed by atoms with E-state index >= 15 is 0 Å². The fourth-order valence-corrected chi connectivity index (χ4v) is 3.78. The SMILES string of the molecule is COc1ccc(-c2ccc(-c3ccc(OC(=O)c4ccc(C5CO5)c(F)c4)cc3)c(F)c2F)cc1. The van der Waals surface area contributed by atoms with Gasteiger partial charge in [-0.25, -0.2) is 18.0 Å². The summed E-state index contributed by atoms with van der Waals surface area (Å²) in [5, 5.41) is 0. The normalized spacial score (nSPS) is 14.5. The van der Waals surface area contributed by atoms with Gasteiger partial charge in [-0.3, -0.25) is 0 Å². The molecule has 0 aromatic heterocycles. The molecule has 0 bridgehead atoms. The molecule has 0 amide bonds. The summed E-state index contributed by atoms with van der Waals surface area (Å²) in [6, 6.07) is 19.7. The molecule has 35 heavy (non-hydrogen) atoms. The lowest BCUT2D eigenvalue weighted by Crippen LogP contribution is -2.09. The van der Waals surface area contributed by atoms with E-state index in [9.17, 15) is 18.0 Å². The van der Waals surface area contributed by atoms with Gasteiger partial charge in [0.15, 0.2) is 11.6 Å². The minimum atomic E-state index is -0.988. The number of rotatable bonds is 6. The third kappa shape index (κ3) is 4.63. The Bertz CT molecular complexity index is 1400. The molecule has 0 radical (unpaired) electrons. The second-order valence-electron chi connectivity index (χ2n) is 7.99. The summed E-state index contributed by atoms with van der Waals surface area (Å²) in [6.45, 7) is 0.460. The molecule has 0 N–H and O–H groups in total. The first-order valence-electron chi connectivity index (χ1n) is 10.8. The molecule has 1 saturated heterocycles. The quantitative estimate of drug-likeness (QED) is 0.176. The van der Waals surface area contributed by atoms with Crippen molar-refractivity contribution in [2.45, 2.75) is 6.10 Å². The van der Waals surface area contributed by atoms with Crippen LogP contribution in [-0.2, 0) is 4.74 Å². The van der Waals surface area contributed by atoms with Crippen LogP contribution in [0, 0.1) is 17.5 Å². The van der Waals surface area contributed by atoms with Gasteiger partial charge in [-0.05, 0) is 47.5 Å². The van der Waals surface area contributed by atoms with E-state index in [1.54, 1.807) is 24.3 Å². The molecular weight excluding hydrogens is 457 g/mol. The Kier molecular flexibility index (Phi) is 6.01. The van der Waals surface area contributed by atoms with Crippen LogP contribution in [0.5, 0.6) is 11.5 Å². The van der Waals surface area contributed by atoms with Gasteiger partial charge in [0, 0.05) is 16.7 Å². The molecule has 4 aromatic rings. The zero-order valence-corrected chi connectivity index (χ0v) is 18.6. The highest BCUT2D eigenvalue weighted by Crippen LogP contribution is 2.34. The van der Waals surface area contributed by atoms with Crippen molar-refractivity contribution in [3.05, 3.63) is 107 Å². The first-order chi connectivity index (χ1) is 16.9. The van der Waals surface area contributed by atoms with Gasteiger partial charge < -0.3 is 14.2 Å². The molecule has 1 heterocycles. The second-order valence-corrected chi connectivity index (χ2v) is 7.99. The van der Waals surface area contributed by atoms with Gasteiger partial charge in [-0.1, -0.05) is 42.5 Å². The highest BCUT2D eigenvalue weighted by atomic mass is 19.2. The van der Waals surface area contributed by atoms with Crippen molar-refractivity contribution in [1.29, 1.82) is 0 Å².